The molecule has 0 unspecified atom stereocenters. The highest BCUT2D eigenvalue weighted by Crippen LogP contribution is 2.23. The smallest absolute Gasteiger partial charge is 0.259 e. The van der Waals surface area contributed by atoms with Crippen molar-refractivity contribution in [2.45, 2.75) is 26.8 Å². The number of nitrogens with zero attached hydrogens (tertiary/aromatic N) is 3. The Morgan fingerprint density at radius 1 is 0.914 bits per heavy atom. The van der Waals surface area contributed by atoms with E-state index in [0.29, 0.717) is 44.7 Å². The van der Waals surface area contributed by atoms with E-state index in [0.717, 1.165) is 34.1 Å². The summed E-state index contributed by atoms with van der Waals surface area (Å²) in [4.78, 5) is 30.7. The molecule has 7 nitrogen and oxygen atoms in total. The van der Waals surface area contributed by atoms with Gasteiger partial charge >= 0.3 is 0 Å². The fraction of sp³-hybridized carbons (Fsp3) is 0.357. The number of carbonyl (C=O) groups excluding carboxylic acids is 1. The van der Waals surface area contributed by atoms with E-state index in [4.69, 9.17) is 9.47 Å². The van der Waals surface area contributed by atoms with Crippen LogP contribution in [-0.2, 0) is 13.0 Å². The third kappa shape index (κ3) is 5.19. The Kier molecular flexibility index (Phi) is 7.44. The van der Waals surface area contributed by atoms with Gasteiger partial charge in [0.15, 0.2) is 5.43 Å². The zero-order chi connectivity index (χ0) is 24.9. The van der Waals surface area contributed by atoms with Crippen molar-refractivity contribution in [2.24, 2.45) is 0 Å². The van der Waals surface area contributed by atoms with Crippen LogP contribution in [0.15, 0.2) is 59.4 Å². The van der Waals surface area contributed by atoms with Crippen LogP contribution in [0, 0.1) is 6.92 Å². The molecule has 0 radical (unpaired) electrons. The molecule has 0 bridgehead atoms. The van der Waals surface area contributed by atoms with Gasteiger partial charge in [-0.1, -0.05) is 25.1 Å². The highest BCUT2D eigenvalue weighted by molar-refractivity contribution is 5.95. The Bertz CT molecular complexity index is 1240. The van der Waals surface area contributed by atoms with Crippen molar-refractivity contribution in [2.75, 3.05) is 45.3 Å². The van der Waals surface area contributed by atoms with E-state index in [1.54, 1.807) is 25.2 Å². The van der Waals surface area contributed by atoms with Crippen molar-refractivity contribution < 1.29 is 14.3 Å². The van der Waals surface area contributed by atoms with Crippen molar-refractivity contribution in [1.82, 2.24) is 9.47 Å². The minimum atomic E-state index is -0.203. The van der Waals surface area contributed by atoms with Crippen LogP contribution in [0.2, 0.25) is 0 Å². The lowest BCUT2D eigenvalue weighted by Crippen LogP contribution is -2.50. The molecule has 7 heteroatoms. The summed E-state index contributed by atoms with van der Waals surface area (Å²) in [7, 11) is 3.30. The van der Waals surface area contributed by atoms with Crippen LogP contribution in [0.25, 0.3) is 0 Å². The van der Waals surface area contributed by atoms with Crippen molar-refractivity contribution in [3.05, 3.63) is 87.3 Å². The van der Waals surface area contributed by atoms with Crippen molar-refractivity contribution >= 4 is 11.6 Å². The maximum atomic E-state index is 13.6. The van der Waals surface area contributed by atoms with Crippen LogP contribution in [0.5, 0.6) is 11.5 Å². The summed E-state index contributed by atoms with van der Waals surface area (Å²) in [5.41, 5.74) is 3.88. The highest BCUT2D eigenvalue weighted by atomic mass is 16.5. The van der Waals surface area contributed by atoms with Gasteiger partial charge in [0, 0.05) is 61.9 Å². The Labute approximate surface area is 206 Å². The molecule has 0 atom stereocenters. The lowest BCUT2D eigenvalue weighted by molar-refractivity contribution is 0.0743. The highest BCUT2D eigenvalue weighted by Gasteiger charge is 2.27. The largest absolute Gasteiger partial charge is 0.497 e. The zero-order valence-electron chi connectivity index (χ0n) is 20.9. The molecule has 1 amide bonds. The van der Waals surface area contributed by atoms with E-state index >= 15 is 0 Å². The van der Waals surface area contributed by atoms with Gasteiger partial charge in [0.1, 0.15) is 17.1 Å². The van der Waals surface area contributed by atoms with Gasteiger partial charge in [0.25, 0.3) is 5.91 Å². The molecule has 0 saturated carbocycles. The molecule has 35 heavy (non-hydrogen) atoms. The Morgan fingerprint density at radius 2 is 1.60 bits per heavy atom. The molecule has 2 aromatic carbocycles. The van der Waals surface area contributed by atoms with Gasteiger partial charge in [0.05, 0.1) is 14.2 Å². The summed E-state index contributed by atoms with van der Waals surface area (Å²) in [6.07, 6.45) is 0.595. The summed E-state index contributed by atoms with van der Waals surface area (Å²) in [6, 6.07) is 17.4. The maximum absolute atomic E-state index is 13.6. The Hall–Kier alpha value is -3.74. The monoisotopic (exact) mass is 475 g/mol. The molecule has 1 saturated heterocycles. The number of hydrogen-bond acceptors (Lipinski definition) is 5. The molecule has 1 aliphatic heterocycles. The van der Waals surface area contributed by atoms with E-state index in [2.05, 4.69) is 9.47 Å². The van der Waals surface area contributed by atoms with Crippen molar-refractivity contribution in [3.63, 3.8) is 0 Å². The molecule has 0 spiro atoms. The van der Waals surface area contributed by atoms with Gasteiger partial charge in [-0.15, -0.1) is 0 Å². The molecule has 0 aliphatic carbocycles. The summed E-state index contributed by atoms with van der Waals surface area (Å²) < 4.78 is 12.7. The summed E-state index contributed by atoms with van der Waals surface area (Å²) >= 11 is 0. The third-order valence-electron chi connectivity index (χ3n) is 6.66. The molecule has 184 valence electrons. The molecule has 2 heterocycles. The summed E-state index contributed by atoms with van der Waals surface area (Å²) in [5.74, 6) is 1.43. The molecule has 1 fully saturated rings. The number of hydrogen-bond donors (Lipinski definition) is 0. The molecular formula is C28H33N3O4. The molecule has 1 aliphatic rings. The third-order valence-corrected chi connectivity index (χ3v) is 6.66. The van der Waals surface area contributed by atoms with Gasteiger partial charge in [-0.25, -0.2) is 0 Å². The first kappa shape index (κ1) is 24.4. The van der Waals surface area contributed by atoms with Gasteiger partial charge in [-0.3, -0.25) is 9.59 Å². The first-order chi connectivity index (χ1) is 16.9. The number of carbonyl (C=O) groups is 1. The van der Waals surface area contributed by atoms with E-state index < -0.39 is 0 Å². The number of methoxy groups -OCH3 is 2. The number of aryl methyl sites for hydroxylation is 1. The first-order valence-electron chi connectivity index (χ1n) is 12.0. The number of pyridine rings is 1. The average Bonchev–Trinajstić information content (AvgIpc) is 2.90. The van der Waals surface area contributed by atoms with Crippen molar-refractivity contribution in [1.29, 1.82) is 0 Å². The standard InChI is InChI=1S/C28H33N3O4/c1-5-25-27(26(32)17-20(2)31(25)19-21-9-11-23(34-3)12-10-21)28(33)30-15-13-29(14-16-30)22-7-6-8-24(18-22)35-4/h6-12,17-18H,5,13-16,19H2,1-4H3. The van der Waals surface area contributed by atoms with Crippen molar-refractivity contribution in [3.8, 4) is 11.5 Å². The number of anilines is 1. The number of piperazine rings is 1. The van der Waals surface area contributed by atoms with Crippen LogP contribution < -0.4 is 19.8 Å². The quantitative estimate of drug-likeness (QED) is 0.521. The summed E-state index contributed by atoms with van der Waals surface area (Å²) in [5, 5.41) is 0. The molecular weight excluding hydrogens is 442 g/mol. The second-order valence-electron chi connectivity index (χ2n) is 8.74. The number of ether oxygens (including phenoxy) is 2. The molecule has 4 rings (SSSR count). The maximum Gasteiger partial charge on any atom is 0.259 e. The number of aromatic nitrogens is 1. The Morgan fingerprint density at radius 3 is 2.23 bits per heavy atom. The van der Waals surface area contributed by atoms with Gasteiger partial charge in [0.2, 0.25) is 0 Å². The van der Waals surface area contributed by atoms with Crippen LogP contribution in [0.3, 0.4) is 0 Å². The normalized spacial score (nSPS) is 13.6. The molecule has 1 aromatic heterocycles. The van der Waals surface area contributed by atoms with Gasteiger partial charge in [-0.05, 0) is 43.2 Å². The Balaban J connectivity index is 1.56. The fourth-order valence-electron chi connectivity index (χ4n) is 4.69. The predicted molar refractivity (Wildman–Crippen MR) is 138 cm³/mol. The van der Waals surface area contributed by atoms with Crippen LogP contribution in [0.1, 0.15) is 34.2 Å². The lowest BCUT2D eigenvalue weighted by Gasteiger charge is -2.36. The molecule has 3 aromatic rings. The van der Waals surface area contributed by atoms with Crippen LogP contribution in [0.4, 0.5) is 5.69 Å². The minimum Gasteiger partial charge on any atom is -0.497 e. The van der Waals surface area contributed by atoms with Crippen LogP contribution in [-0.4, -0.2) is 55.8 Å². The lowest BCUT2D eigenvalue weighted by atomic mass is 10.1. The second kappa shape index (κ2) is 10.7. The van der Waals surface area contributed by atoms with E-state index in [1.165, 1.54) is 0 Å². The second-order valence-corrected chi connectivity index (χ2v) is 8.74. The first-order valence-corrected chi connectivity index (χ1v) is 12.0. The van der Waals surface area contributed by atoms with Crippen LogP contribution >= 0.6 is 0 Å². The molecule has 0 N–H and O–H groups in total. The number of benzene rings is 2. The van der Waals surface area contributed by atoms with E-state index in [-0.39, 0.29) is 11.3 Å². The van der Waals surface area contributed by atoms with E-state index in [1.807, 2.05) is 62.4 Å². The average molecular weight is 476 g/mol. The van der Waals surface area contributed by atoms with Gasteiger partial charge < -0.3 is 23.8 Å². The number of amides is 1. The number of rotatable bonds is 7. The SMILES string of the molecule is CCc1c(C(=O)N2CCN(c3cccc(OC)c3)CC2)c(=O)cc(C)n1Cc1ccc(OC)cc1. The van der Waals surface area contributed by atoms with E-state index in [9.17, 15) is 9.59 Å². The van der Waals surface area contributed by atoms with Gasteiger partial charge in [-0.2, -0.15) is 0 Å². The topological polar surface area (TPSA) is 64.0 Å². The summed E-state index contributed by atoms with van der Waals surface area (Å²) in [6.45, 7) is 7.03. The fourth-order valence-corrected chi connectivity index (χ4v) is 4.69. The minimum absolute atomic E-state index is 0.180. The zero-order valence-corrected chi connectivity index (χ0v) is 20.9. The predicted octanol–water partition coefficient (Wildman–Crippen LogP) is 3.75.